The lowest BCUT2D eigenvalue weighted by Crippen LogP contribution is -2.42. The maximum Gasteiger partial charge on any atom is 0.260 e. The van der Waals surface area contributed by atoms with Crippen LogP contribution in [0.2, 0.25) is 0 Å². The Kier molecular flexibility index (Phi) is 7.96. The fourth-order valence-corrected chi connectivity index (χ4v) is 3.25. The number of imide groups is 1. The molecule has 2 rings (SSSR count). The van der Waals surface area contributed by atoms with Crippen molar-refractivity contribution in [2.45, 2.75) is 64.2 Å². The van der Waals surface area contributed by atoms with Gasteiger partial charge in [0, 0.05) is 18.7 Å². The van der Waals surface area contributed by atoms with E-state index in [1.165, 1.54) is 30.6 Å². The third-order valence-electron chi connectivity index (χ3n) is 4.68. The number of nitrogens with zero attached hydrogens (tertiary/aromatic N) is 1. The third kappa shape index (κ3) is 5.45. The molecule has 1 aromatic rings. The summed E-state index contributed by atoms with van der Waals surface area (Å²) in [6, 6.07) is 7.40. The third-order valence-corrected chi connectivity index (χ3v) is 4.68. The standard InChI is InChI=1S/C20H29NO3/c22-15-11-7-5-3-1-2-4-6-10-14-21-19(23)16-17-12-8-9-13-18(17)20(21)24/h8-9,12-13,22H,1-7,10-11,14-16H2. The average Bonchev–Trinajstić information content (AvgIpc) is 2.59. The molecule has 0 unspecified atom stereocenters. The van der Waals surface area contributed by atoms with Crippen LogP contribution in [0, 0.1) is 0 Å². The summed E-state index contributed by atoms with van der Waals surface area (Å²) in [5.74, 6) is -0.201. The highest BCUT2D eigenvalue weighted by Crippen LogP contribution is 2.20. The lowest BCUT2D eigenvalue weighted by atomic mass is 9.98. The van der Waals surface area contributed by atoms with Gasteiger partial charge in [0.05, 0.1) is 6.42 Å². The van der Waals surface area contributed by atoms with Gasteiger partial charge < -0.3 is 5.11 Å². The molecule has 0 aliphatic carbocycles. The first-order valence-electron chi connectivity index (χ1n) is 9.27. The molecule has 0 radical (unpaired) electrons. The molecule has 0 saturated heterocycles. The number of aliphatic hydroxyl groups excluding tert-OH is 1. The summed E-state index contributed by atoms with van der Waals surface area (Å²) < 4.78 is 0. The molecule has 1 N–H and O–H groups in total. The van der Waals surface area contributed by atoms with Crippen molar-refractivity contribution in [2.24, 2.45) is 0 Å². The number of amides is 2. The Hall–Kier alpha value is -1.68. The van der Waals surface area contributed by atoms with Gasteiger partial charge in [-0.15, -0.1) is 0 Å². The van der Waals surface area contributed by atoms with E-state index in [9.17, 15) is 9.59 Å². The van der Waals surface area contributed by atoms with Gasteiger partial charge in [0.15, 0.2) is 0 Å². The second-order valence-corrected chi connectivity index (χ2v) is 6.59. The molecule has 1 heterocycles. The molecule has 1 aliphatic rings. The molecule has 1 aromatic carbocycles. The molecule has 2 amide bonds. The predicted octanol–water partition coefficient (Wildman–Crippen LogP) is 3.71. The SMILES string of the molecule is O=C1Cc2ccccc2C(=O)N1CCCCCCCCCCCO. The van der Waals surface area contributed by atoms with Crippen molar-refractivity contribution < 1.29 is 14.7 Å². The van der Waals surface area contributed by atoms with Crippen molar-refractivity contribution in [1.29, 1.82) is 0 Å². The van der Waals surface area contributed by atoms with E-state index in [0.29, 0.717) is 25.1 Å². The van der Waals surface area contributed by atoms with Crippen molar-refractivity contribution in [3.8, 4) is 0 Å². The van der Waals surface area contributed by atoms with E-state index < -0.39 is 0 Å². The van der Waals surface area contributed by atoms with Gasteiger partial charge in [0.1, 0.15) is 0 Å². The largest absolute Gasteiger partial charge is 0.396 e. The molecule has 4 heteroatoms. The van der Waals surface area contributed by atoms with E-state index in [4.69, 9.17) is 5.11 Å². The highest BCUT2D eigenvalue weighted by Gasteiger charge is 2.29. The van der Waals surface area contributed by atoms with E-state index in [-0.39, 0.29) is 11.8 Å². The van der Waals surface area contributed by atoms with Gasteiger partial charge in [-0.2, -0.15) is 0 Å². The molecule has 0 aromatic heterocycles. The van der Waals surface area contributed by atoms with Crippen LogP contribution in [-0.2, 0) is 11.2 Å². The number of carbonyl (C=O) groups excluding carboxylic acids is 2. The summed E-state index contributed by atoms with van der Waals surface area (Å²) in [7, 11) is 0. The summed E-state index contributed by atoms with van der Waals surface area (Å²) >= 11 is 0. The van der Waals surface area contributed by atoms with Gasteiger partial charge in [-0.05, 0) is 24.5 Å². The second kappa shape index (κ2) is 10.2. The van der Waals surface area contributed by atoms with E-state index in [1.807, 2.05) is 24.3 Å². The van der Waals surface area contributed by atoms with Crippen LogP contribution in [0.5, 0.6) is 0 Å². The van der Waals surface area contributed by atoms with E-state index in [2.05, 4.69) is 0 Å². The van der Waals surface area contributed by atoms with Gasteiger partial charge in [-0.25, -0.2) is 0 Å². The zero-order valence-corrected chi connectivity index (χ0v) is 14.5. The number of hydrogen-bond acceptors (Lipinski definition) is 3. The van der Waals surface area contributed by atoms with Crippen molar-refractivity contribution in [1.82, 2.24) is 4.90 Å². The van der Waals surface area contributed by atoms with Crippen LogP contribution in [0.1, 0.15) is 73.7 Å². The Balaban J connectivity index is 1.61. The zero-order chi connectivity index (χ0) is 17.2. The first kappa shape index (κ1) is 18.7. The molecule has 0 atom stereocenters. The van der Waals surface area contributed by atoms with Crippen LogP contribution in [0.4, 0.5) is 0 Å². The van der Waals surface area contributed by atoms with Crippen LogP contribution < -0.4 is 0 Å². The van der Waals surface area contributed by atoms with Crippen LogP contribution in [-0.4, -0.2) is 35.0 Å². The van der Waals surface area contributed by atoms with Gasteiger partial charge in [-0.3, -0.25) is 14.5 Å². The number of benzene rings is 1. The van der Waals surface area contributed by atoms with Crippen LogP contribution in [0.15, 0.2) is 24.3 Å². The Bertz CT molecular complexity index is 541. The normalized spacial score (nSPS) is 14.1. The lowest BCUT2D eigenvalue weighted by Gasteiger charge is -2.26. The summed E-state index contributed by atoms with van der Waals surface area (Å²) in [5.41, 5.74) is 1.53. The highest BCUT2D eigenvalue weighted by atomic mass is 16.3. The van der Waals surface area contributed by atoms with E-state index in [0.717, 1.165) is 37.7 Å². The summed E-state index contributed by atoms with van der Waals surface area (Å²) in [4.78, 5) is 26.0. The fraction of sp³-hybridized carbons (Fsp3) is 0.600. The molecule has 0 bridgehead atoms. The smallest absolute Gasteiger partial charge is 0.260 e. The number of fused-ring (bicyclic) bond motifs is 1. The Labute approximate surface area is 144 Å². The quantitative estimate of drug-likeness (QED) is 0.497. The molecule has 24 heavy (non-hydrogen) atoms. The Morgan fingerprint density at radius 3 is 2.08 bits per heavy atom. The number of unbranched alkanes of at least 4 members (excludes halogenated alkanes) is 8. The summed E-state index contributed by atoms with van der Waals surface area (Å²) in [6.07, 6.45) is 10.4. The topological polar surface area (TPSA) is 57.6 Å². The van der Waals surface area contributed by atoms with Crippen LogP contribution in [0.25, 0.3) is 0 Å². The average molecular weight is 331 g/mol. The van der Waals surface area contributed by atoms with Gasteiger partial charge >= 0.3 is 0 Å². The molecule has 0 saturated carbocycles. The minimum Gasteiger partial charge on any atom is -0.396 e. The maximum atomic E-state index is 12.4. The van der Waals surface area contributed by atoms with Gasteiger partial charge in [0.2, 0.25) is 5.91 Å². The Morgan fingerprint density at radius 1 is 0.833 bits per heavy atom. The van der Waals surface area contributed by atoms with Crippen molar-refractivity contribution in [3.05, 3.63) is 35.4 Å². The number of aliphatic hydroxyl groups is 1. The lowest BCUT2D eigenvalue weighted by molar-refractivity contribution is -0.128. The molecule has 0 fully saturated rings. The van der Waals surface area contributed by atoms with Gasteiger partial charge in [-0.1, -0.05) is 63.1 Å². The van der Waals surface area contributed by atoms with Crippen molar-refractivity contribution in [3.63, 3.8) is 0 Å². The second-order valence-electron chi connectivity index (χ2n) is 6.59. The predicted molar refractivity (Wildman–Crippen MR) is 94.8 cm³/mol. The monoisotopic (exact) mass is 331 g/mol. The fourth-order valence-electron chi connectivity index (χ4n) is 3.25. The first-order chi connectivity index (χ1) is 11.7. The maximum absolute atomic E-state index is 12.4. The molecular weight excluding hydrogens is 302 g/mol. The number of carbonyl (C=O) groups is 2. The number of rotatable bonds is 11. The highest BCUT2D eigenvalue weighted by molar-refractivity contribution is 6.09. The molecule has 4 nitrogen and oxygen atoms in total. The van der Waals surface area contributed by atoms with Crippen molar-refractivity contribution >= 4 is 11.8 Å². The van der Waals surface area contributed by atoms with E-state index in [1.54, 1.807) is 0 Å². The first-order valence-corrected chi connectivity index (χ1v) is 9.27. The Morgan fingerprint density at radius 2 is 1.42 bits per heavy atom. The minimum absolute atomic E-state index is 0.0671. The van der Waals surface area contributed by atoms with Crippen LogP contribution in [0.3, 0.4) is 0 Å². The molecule has 1 aliphatic heterocycles. The van der Waals surface area contributed by atoms with E-state index >= 15 is 0 Å². The molecule has 132 valence electrons. The molecular formula is C20H29NO3. The summed E-state index contributed by atoms with van der Waals surface area (Å²) in [5, 5.41) is 8.71. The number of hydrogen-bond donors (Lipinski definition) is 1. The summed E-state index contributed by atoms with van der Waals surface area (Å²) in [6.45, 7) is 0.848. The minimum atomic E-state index is -0.134. The van der Waals surface area contributed by atoms with Crippen molar-refractivity contribution in [2.75, 3.05) is 13.2 Å². The van der Waals surface area contributed by atoms with Gasteiger partial charge in [0.25, 0.3) is 5.91 Å². The zero-order valence-electron chi connectivity index (χ0n) is 14.5. The van der Waals surface area contributed by atoms with Crippen LogP contribution >= 0.6 is 0 Å². The molecule has 0 spiro atoms.